The molecule has 0 aliphatic carbocycles. The van der Waals surface area contributed by atoms with Crippen LogP contribution in [0, 0.1) is 6.92 Å². The number of nitrogens with one attached hydrogen (secondary N) is 1. The Hall–Kier alpha value is -3.06. The van der Waals surface area contributed by atoms with Gasteiger partial charge in [0.1, 0.15) is 11.3 Å². The van der Waals surface area contributed by atoms with Gasteiger partial charge in [0.05, 0.1) is 17.3 Å². The Balaban J connectivity index is 1.63. The minimum absolute atomic E-state index is 0.227. The third kappa shape index (κ3) is 3.18. The summed E-state index contributed by atoms with van der Waals surface area (Å²) >= 11 is 1.60. The van der Waals surface area contributed by atoms with Gasteiger partial charge in [0.25, 0.3) is 5.91 Å². The van der Waals surface area contributed by atoms with Crippen molar-refractivity contribution in [2.45, 2.75) is 13.5 Å². The standard InChI is InChI=1S/C21H21N3O3S/c1-12-17-16(10-9-15-19(17)28-21(23-15)24(2)3)27-18(12)20(25)22-11-13-5-7-14(26-4)8-6-13/h5-10H,11H2,1-4H3,(H,22,25). The number of methoxy groups -OCH3 is 1. The van der Waals surface area contributed by atoms with Gasteiger partial charge in [-0.3, -0.25) is 4.79 Å². The number of benzene rings is 2. The number of aromatic nitrogens is 1. The third-order valence-electron chi connectivity index (χ3n) is 4.64. The van der Waals surface area contributed by atoms with E-state index in [9.17, 15) is 4.79 Å². The van der Waals surface area contributed by atoms with Crippen LogP contribution in [0.15, 0.2) is 40.8 Å². The van der Waals surface area contributed by atoms with Crippen molar-refractivity contribution in [3.8, 4) is 5.75 Å². The SMILES string of the molecule is COc1ccc(CNC(=O)c2oc3ccc4nc(N(C)C)sc4c3c2C)cc1. The van der Waals surface area contributed by atoms with Gasteiger partial charge in [-0.25, -0.2) is 4.98 Å². The highest BCUT2D eigenvalue weighted by Gasteiger charge is 2.21. The summed E-state index contributed by atoms with van der Waals surface area (Å²) in [7, 11) is 5.56. The molecule has 4 rings (SSSR count). The van der Waals surface area contributed by atoms with Crippen LogP contribution in [0.4, 0.5) is 5.13 Å². The van der Waals surface area contributed by atoms with Crippen LogP contribution in [0.3, 0.4) is 0 Å². The van der Waals surface area contributed by atoms with E-state index in [2.05, 4.69) is 10.3 Å². The van der Waals surface area contributed by atoms with Crippen LogP contribution in [0.1, 0.15) is 21.7 Å². The number of amides is 1. The number of carbonyl (C=O) groups is 1. The first-order chi connectivity index (χ1) is 13.5. The molecule has 0 spiro atoms. The van der Waals surface area contributed by atoms with Crippen LogP contribution < -0.4 is 15.0 Å². The fourth-order valence-electron chi connectivity index (χ4n) is 3.12. The zero-order valence-corrected chi connectivity index (χ0v) is 17.0. The number of ether oxygens (including phenoxy) is 1. The van der Waals surface area contributed by atoms with E-state index in [1.807, 2.05) is 62.3 Å². The second-order valence-corrected chi connectivity index (χ2v) is 7.74. The van der Waals surface area contributed by atoms with Gasteiger partial charge < -0.3 is 19.4 Å². The van der Waals surface area contributed by atoms with Crippen molar-refractivity contribution in [3.63, 3.8) is 0 Å². The van der Waals surface area contributed by atoms with E-state index in [1.165, 1.54) is 0 Å². The Morgan fingerprint density at radius 2 is 1.96 bits per heavy atom. The molecule has 0 bridgehead atoms. The number of hydrogen-bond donors (Lipinski definition) is 1. The first-order valence-electron chi connectivity index (χ1n) is 8.89. The Morgan fingerprint density at radius 1 is 1.21 bits per heavy atom. The lowest BCUT2D eigenvalue weighted by atomic mass is 10.1. The summed E-state index contributed by atoms with van der Waals surface area (Å²) < 4.78 is 12.1. The Labute approximate surface area is 166 Å². The molecule has 1 N–H and O–H groups in total. The normalized spacial score (nSPS) is 11.1. The lowest BCUT2D eigenvalue weighted by Gasteiger charge is -2.05. The summed E-state index contributed by atoms with van der Waals surface area (Å²) in [6, 6.07) is 11.4. The molecule has 0 saturated heterocycles. The molecule has 0 atom stereocenters. The largest absolute Gasteiger partial charge is 0.497 e. The van der Waals surface area contributed by atoms with E-state index in [4.69, 9.17) is 9.15 Å². The summed E-state index contributed by atoms with van der Waals surface area (Å²) in [5, 5.41) is 4.81. The van der Waals surface area contributed by atoms with Crippen molar-refractivity contribution >= 4 is 43.6 Å². The molecule has 2 heterocycles. The molecule has 0 unspecified atom stereocenters. The monoisotopic (exact) mass is 395 g/mol. The minimum Gasteiger partial charge on any atom is -0.497 e. The number of anilines is 1. The summed E-state index contributed by atoms with van der Waals surface area (Å²) in [6.45, 7) is 2.34. The molecular formula is C21H21N3O3S. The molecule has 28 heavy (non-hydrogen) atoms. The highest BCUT2D eigenvalue weighted by atomic mass is 32.1. The van der Waals surface area contributed by atoms with E-state index in [-0.39, 0.29) is 5.91 Å². The van der Waals surface area contributed by atoms with Crippen molar-refractivity contribution in [1.82, 2.24) is 10.3 Å². The predicted molar refractivity (Wildman–Crippen MR) is 113 cm³/mol. The average Bonchev–Trinajstić information content (AvgIpc) is 3.27. The van der Waals surface area contributed by atoms with Gasteiger partial charge in [-0.15, -0.1) is 0 Å². The van der Waals surface area contributed by atoms with Crippen LogP contribution in [-0.4, -0.2) is 32.1 Å². The van der Waals surface area contributed by atoms with Crippen LogP contribution in [0.2, 0.25) is 0 Å². The van der Waals surface area contributed by atoms with E-state index in [0.717, 1.165) is 37.6 Å². The van der Waals surface area contributed by atoms with E-state index < -0.39 is 0 Å². The molecule has 0 radical (unpaired) electrons. The maximum absolute atomic E-state index is 12.7. The van der Waals surface area contributed by atoms with Crippen molar-refractivity contribution in [1.29, 1.82) is 0 Å². The van der Waals surface area contributed by atoms with Crippen molar-refractivity contribution in [2.75, 3.05) is 26.1 Å². The highest BCUT2D eigenvalue weighted by molar-refractivity contribution is 7.23. The molecule has 2 aromatic heterocycles. The highest BCUT2D eigenvalue weighted by Crippen LogP contribution is 2.37. The second kappa shape index (κ2) is 7.16. The van der Waals surface area contributed by atoms with E-state index >= 15 is 0 Å². The molecule has 0 aliphatic heterocycles. The molecule has 2 aromatic carbocycles. The summed E-state index contributed by atoms with van der Waals surface area (Å²) in [5.74, 6) is 0.903. The topological polar surface area (TPSA) is 67.6 Å². The van der Waals surface area contributed by atoms with Gasteiger partial charge in [-0.05, 0) is 36.8 Å². The van der Waals surface area contributed by atoms with Crippen molar-refractivity contribution in [3.05, 3.63) is 53.3 Å². The molecular weight excluding hydrogens is 374 g/mol. The number of hydrogen-bond acceptors (Lipinski definition) is 6. The molecule has 1 amide bonds. The molecule has 0 fully saturated rings. The van der Waals surface area contributed by atoms with E-state index in [1.54, 1.807) is 18.4 Å². The smallest absolute Gasteiger partial charge is 0.287 e. The number of thiazole rings is 1. The Kier molecular flexibility index (Phi) is 4.68. The van der Waals surface area contributed by atoms with Gasteiger partial charge in [-0.2, -0.15) is 0 Å². The van der Waals surface area contributed by atoms with Gasteiger partial charge in [0.15, 0.2) is 10.9 Å². The predicted octanol–water partition coefficient (Wildman–Crippen LogP) is 4.36. The molecule has 144 valence electrons. The van der Waals surface area contributed by atoms with Gasteiger partial charge in [-0.1, -0.05) is 23.5 Å². The number of nitrogens with zero attached hydrogens (tertiary/aromatic N) is 2. The molecule has 7 heteroatoms. The third-order valence-corrected chi connectivity index (χ3v) is 5.89. The second-order valence-electron chi connectivity index (χ2n) is 6.76. The maximum atomic E-state index is 12.7. The van der Waals surface area contributed by atoms with Crippen molar-refractivity contribution < 1.29 is 13.9 Å². The number of fused-ring (bicyclic) bond motifs is 3. The van der Waals surface area contributed by atoms with Crippen LogP contribution in [0.25, 0.3) is 21.2 Å². The number of rotatable bonds is 5. The lowest BCUT2D eigenvalue weighted by molar-refractivity contribution is 0.0924. The minimum atomic E-state index is -0.227. The molecule has 0 aliphatic rings. The average molecular weight is 395 g/mol. The summed E-state index contributed by atoms with van der Waals surface area (Å²) in [5.41, 5.74) is 3.44. The van der Waals surface area contributed by atoms with Crippen LogP contribution in [0.5, 0.6) is 5.75 Å². The zero-order valence-electron chi connectivity index (χ0n) is 16.2. The fraction of sp³-hybridized carbons (Fsp3) is 0.238. The number of furan rings is 1. The quantitative estimate of drug-likeness (QED) is 0.544. The van der Waals surface area contributed by atoms with Gasteiger partial charge in [0, 0.05) is 31.6 Å². The molecule has 0 saturated carbocycles. The van der Waals surface area contributed by atoms with Gasteiger partial charge >= 0.3 is 0 Å². The summed E-state index contributed by atoms with van der Waals surface area (Å²) in [4.78, 5) is 19.4. The Bertz CT molecular complexity index is 1160. The first kappa shape index (κ1) is 18.3. The van der Waals surface area contributed by atoms with E-state index in [0.29, 0.717) is 17.9 Å². The summed E-state index contributed by atoms with van der Waals surface area (Å²) in [6.07, 6.45) is 0. The lowest BCUT2D eigenvalue weighted by Crippen LogP contribution is -2.22. The van der Waals surface area contributed by atoms with Crippen LogP contribution in [-0.2, 0) is 6.54 Å². The zero-order chi connectivity index (χ0) is 19.8. The van der Waals surface area contributed by atoms with Crippen LogP contribution >= 0.6 is 11.3 Å². The van der Waals surface area contributed by atoms with Crippen molar-refractivity contribution in [2.24, 2.45) is 0 Å². The number of aryl methyl sites for hydroxylation is 1. The number of carbonyl (C=O) groups excluding carboxylic acids is 1. The molecule has 6 nitrogen and oxygen atoms in total. The first-order valence-corrected chi connectivity index (χ1v) is 9.70. The fourth-order valence-corrected chi connectivity index (χ4v) is 4.20. The molecule has 4 aromatic rings. The van der Waals surface area contributed by atoms with Gasteiger partial charge in [0.2, 0.25) is 0 Å². The maximum Gasteiger partial charge on any atom is 0.287 e. The Morgan fingerprint density at radius 3 is 2.64 bits per heavy atom.